The van der Waals surface area contributed by atoms with E-state index >= 15 is 0 Å². The molecule has 1 fully saturated rings. The minimum atomic E-state index is -4.47. The van der Waals surface area contributed by atoms with Crippen LogP contribution < -0.4 is 4.90 Å². The molecular formula is C12H13F3IN3O3. The number of pyridine rings is 1. The van der Waals surface area contributed by atoms with E-state index in [1.54, 1.807) is 27.5 Å². The van der Waals surface area contributed by atoms with Crippen LogP contribution in [0.3, 0.4) is 0 Å². The summed E-state index contributed by atoms with van der Waals surface area (Å²) in [6, 6.07) is 0.757. The van der Waals surface area contributed by atoms with Crippen LogP contribution in [0.1, 0.15) is 5.56 Å². The number of carbonyl (C=O) groups is 1. The summed E-state index contributed by atoms with van der Waals surface area (Å²) in [7, 11) is 0. The fraction of sp³-hybridized carbons (Fsp3) is 0.500. The molecule has 0 radical (unpaired) electrons. The smallest absolute Gasteiger partial charge is 0.418 e. The quantitative estimate of drug-likeness (QED) is 0.700. The first kappa shape index (κ1) is 17.1. The first-order valence-electron chi connectivity index (χ1n) is 6.32. The van der Waals surface area contributed by atoms with Crippen molar-refractivity contribution in [2.75, 3.05) is 31.1 Å². The molecule has 0 spiro atoms. The summed E-state index contributed by atoms with van der Waals surface area (Å²) >= 11 is 1.59. The second kappa shape index (κ2) is 6.44. The molecule has 6 nitrogen and oxygen atoms in total. The maximum atomic E-state index is 12.7. The third kappa shape index (κ3) is 3.54. The predicted molar refractivity (Wildman–Crippen MR) is 79.8 cm³/mol. The highest BCUT2D eigenvalue weighted by atomic mass is 127. The molecule has 0 unspecified atom stereocenters. The summed E-state index contributed by atoms with van der Waals surface area (Å²) < 4.78 is 38.2. The predicted octanol–water partition coefficient (Wildman–Crippen LogP) is 1.87. The van der Waals surface area contributed by atoms with Crippen molar-refractivity contribution in [2.45, 2.75) is 12.2 Å². The van der Waals surface area contributed by atoms with E-state index < -0.39 is 23.9 Å². The number of halogens is 4. The Balaban J connectivity index is 2.24. The van der Waals surface area contributed by atoms with Gasteiger partial charge in [0.25, 0.3) is 0 Å². The minimum absolute atomic E-state index is 0.00690. The highest BCUT2D eigenvalue weighted by molar-refractivity contribution is 14.1. The van der Waals surface area contributed by atoms with Crippen molar-refractivity contribution >= 4 is 34.5 Å². The molecule has 1 aromatic rings. The van der Waals surface area contributed by atoms with Gasteiger partial charge >= 0.3 is 12.3 Å². The van der Waals surface area contributed by atoms with Gasteiger partial charge < -0.3 is 20.0 Å². The number of alkyl halides is 3. The zero-order valence-corrected chi connectivity index (χ0v) is 13.4. The van der Waals surface area contributed by atoms with Gasteiger partial charge in [-0.15, -0.1) is 0 Å². The van der Waals surface area contributed by atoms with Gasteiger partial charge in [-0.3, -0.25) is 0 Å². The zero-order valence-electron chi connectivity index (χ0n) is 11.2. The van der Waals surface area contributed by atoms with E-state index in [-0.39, 0.29) is 29.8 Å². The Bertz CT molecular complexity index is 570. The molecule has 1 aliphatic heterocycles. The van der Waals surface area contributed by atoms with Gasteiger partial charge in [-0.05, 0) is 28.7 Å². The first-order chi connectivity index (χ1) is 10.2. The van der Waals surface area contributed by atoms with Crippen LogP contribution in [0.4, 0.5) is 23.8 Å². The van der Waals surface area contributed by atoms with E-state index in [1.807, 2.05) is 0 Å². The molecule has 2 N–H and O–H groups in total. The molecule has 0 aliphatic carbocycles. The molecule has 0 aromatic carbocycles. The van der Waals surface area contributed by atoms with Crippen molar-refractivity contribution in [1.29, 1.82) is 0 Å². The summed E-state index contributed by atoms with van der Waals surface area (Å²) in [5, 5.41) is 18.4. The van der Waals surface area contributed by atoms with Gasteiger partial charge in [0, 0.05) is 29.4 Å². The van der Waals surface area contributed by atoms with E-state index in [9.17, 15) is 23.1 Å². The molecule has 1 amide bonds. The molecule has 2 rings (SSSR count). The van der Waals surface area contributed by atoms with Crippen LogP contribution in [0.2, 0.25) is 0 Å². The van der Waals surface area contributed by atoms with Gasteiger partial charge in [0.2, 0.25) is 0 Å². The topological polar surface area (TPSA) is 76.9 Å². The van der Waals surface area contributed by atoms with Crippen LogP contribution in [-0.4, -0.2) is 58.5 Å². The first-order valence-corrected chi connectivity index (χ1v) is 7.40. The van der Waals surface area contributed by atoms with E-state index in [4.69, 9.17) is 5.11 Å². The molecule has 22 heavy (non-hydrogen) atoms. The standard InChI is InChI=1S/C12H13F3IN3O3/c13-12(14,15)8-4-17-10(3-9(8)16)19-2-1-18(11(21)22)5-7(19)6-20/h3-4,7,20H,1-2,5-6H2,(H,21,22)/t7-/m1/s1. The molecule has 10 heteroatoms. The molecule has 1 saturated heterocycles. The number of anilines is 1. The number of aliphatic hydroxyl groups excluding tert-OH is 1. The summed E-state index contributed by atoms with van der Waals surface area (Å²) in [6.07, 6.45) is -4.80. The molecule has 1 aromatic heterocycles. The molecule has 1 aliphatic rings. The fourth-order valence-corrected chi connectivity index (χ4v) is 3.00. The van der Waals surface area contributed by atoms with Crippen LogP contribution in [0.25, 0.3) is 0 Å². The number of nitrogens with zero attached hydrogens (tertiary/aromatic N) is 3. The van der Waals surface area contributed by atoms with E-state index in [0.717, 1.165) is 11.1 Å². The van der Waals surface area contributed by atoms with Crippen LogP contribution in [0.5, 0.6) is 0 Å². The van der Waals surface area contributed by atoms with Crippen LogP contribution in [0, 0.1) is 3.57 Å². The largest absolute Gasteiger partial charge is 0.465 e. The van der Waals surface area contributed by atoms with E-state index in [0.29, 0.717) is 5.82 Å². The van der Waals surface area contributed by atoms with E-state index in [2.05, 4.69) is 4.98 Å². The number of hydrogen-bond acceptors (Lipinski definition) is 4. The molecule has 0 bridgehead atoms. The van der Waals surface area contributed by atoms with Crippen molar-refractivity contribution in [3.63, 3.8) is 0 Å². The second-order valence-electron chi connectivity index (χ2n) is 4.78. The number of hydrogen-bond donors (Lipinski definition) is 2. The van der Waals surface area contributed by atoms with Crippen molar-refractivity contribution in [3.8, 4) is 0 Å². The van der Waals surface area contributed by atoms with Gasteiger partial charge in [0.1, 0.15) is 5.82 Å². The number of rotatable bonds is 2. The maximum absolute atomic E-state index is 12.7. The Hall–Kier alpha value is -1.30. The van der Waals surface area contributed by atoms with Crippen molar-refractivity contribution in [3.05, 3.63) is 21.4 Å². The monoisotopic (exact) mass is 431 g/mol. The Morgan fingerprint density at radius 1 is 1.45 bits per heavy atom. The Kier molecular flexibility index (Phi) is 5.00. The fourth-order valence-electron chi connectivity index (χ4n) is 2.27. The number of aromatic nitrogens is 1. The lowest BCUT2D eigenvalue weighted by atomic mass is 10.1. The maximum Gasteiger partial charge on any atom is 0.418 e. The van der Waals surface area contributed by atoms with Gasteiger partial charge in [-0.25, -0.2) is 9.78 Å². The third-order valence-corrected chi connectivity index (χ3v) is 4.30. The second-order valence-corrected chi connectivity index (χ2v) is 5.94. The van der Waals surface area contributed by atoms with Gasteiger partial charge in [0.15, 0.2) is 0 Å². The van der Waals surface area contributed by atoms with Crippen LogP contribution >= 0.6 is 22.6 Å². The number of carboxylic acid groups (broad SMARTS) is 1. The molecule has 1 atom stereocenters. The minimum Gasteiger partial charge on any atom is -0.465 e. The zero-order chi connectivity index (χ0) is 16.5. The summed E-state index contributed by atoms with van der Waals surface area (Å²) in [4.78, 5) is 17.6. The lowest BCUT2D eigenvalue weighted by molar-refractivity contribution is -0.138. The highest BCUT2D eigenvalue weighted by Crippen LogP contribution is 2.34. The van der Waals surface area contributed by atoms with Crippen molar-refractivity contribution in [2.24, 2.45) is 0 Å². The third-order valence-electron chi connectivity index (χ3n) is 3.40. The Morgan fingerprint density at radius 3 is 2.64 bits per heavy atom. The van der Waals surface area contributed by atoms with Crippen LogP contribution in [0.15, 0.2) is 12.3 Å². The summed E-state index contributed by atoms with van der Waals surface area (Å²) in [5.74, 6) is 0.293. The molecule has 2 heterocycles. The average Bonchev–Trinajstić information content (AvgIpc) is 2.45. The SMILES string of the molecule is O=C(O)N1CCN(c2cc(I)c(C(F)(F)F)cn2)[C@@H](CO)C1. The van der Waals surface area contributed by atoms with Crippen molar-refractivity contribution in [1.82, 2.24) is 9.88 Å². The summed E-state index contributed by atoms with van der Waals surface area (Å²) in [5.41, 5.74) is -0.818. The highest BCUT2D eigenvalue weighted by Gasteiger charge is 2.35. The van der Waals surface area contributed by atoms with Gasteiger partial charge in [-0.2, -0.15) is 13.2 Å². The number of aliphatic hydroxyl groups is 1. The Morgan fingerprint density at radius 2 is 2.14 bits per heavy atom. The van der Waals surface area contributed by atoms with Gasteiger partial charge in [-0.1, -0.05) is 0 Å². The van der Waals surface area contributed by atoms with Gasteiger partial charge in [0.05, 0.1) is 18.2 Å². The summed E-state index contributed by atoms with van der Waals surface area (Å²) in [6.45, 7) is 0.214. The lowest BCUT2D eigenvalue weighted by Gasteiger charge is -2.40. The molecule has 122 valence electrons. The normalized spacial score (nSPS) is 19.4. The van der Waals surface area contributed by atoms with Crippen molar-refractivity contribution < 1.29 is 28.2 Å². The number of amides is 1. The lowest BCUT2D eigenvalue weighted by Crippen LogP contribution is -2.56. The Labute approximate surface area is 137 Å². The molecule has 0 saturated carbocycles. The molecular weight excluding hydrogens is 418 g/mol. The van der Waals surface area contributed by atoms with E-state index in [1.165, 1.54) is 6.07 Å². The average molecular weight is 431 g/mol. The van der Waals surface area contributed by atoms with Crippen LogP contribution in [-0.2, 0) is 6.18 Å². The number of piperazine rings is 1.